The minimum Gasteiger partial charge on any atom is -0.492 e. The van der Waals surface area contributed by atoms with Gasteiger partial charge in [-0.05, 0) is 43.7 Å². The molecule has 1 fully saturated rings. The van der Waals surface area contributed by atoms with Gasteiger partial charge in [0, 0.05) is 19.6 Å². The largest absolute Gasteiger partial charge is 0.492 e. The zero-order valence-corrected chi connectivity index (χ0v) is 12.2. The van der Waals surface area contributed by atoms with E-state index in [1.807, 2.05) is 24.3 Å². The van der Waals surface area contributed by atoms with Crippen molar-refractivity contribution in [3.05, 3.63) is 29.8 Å². The number of nitrogens with two attached hydrogens (primary N) is 1. The van der Waals surface area contributed by atoms with E-state index in [4.69, 9.17) is 15.3 Å². The first-order valence-corrected chi connectivity index (χ1v) is 7.01. The average Bonchev–Trinajstić information content (AvgIpc) is 2.40. The summed E-state index contributed by atoms with van der Waals surface area (Å²) >= 11 is 0. The van der Waals surface area contributed by atoms with E-state index >= 15 is 0 Å². The van der Waals surface area contributed by atoms with E-state index in [1.165, 1.54) is 0 Å². The topological polar surface area (TPSA) is 60.1 Å². The zero-order chi connectivity index (χ0) is 14.4. The van der Waals surface area contributed by atoms with Crippen molar-refractivity contribution in [1.82, 2.24) is 4.90 Å². The van der Waals surface area contributed by atoms with Gasteiger partial charge in [0.2, 0.25) is 0 Å². The van der Waals surface area contributed by atoms with E-state index in [0.29, 0.717) is 18.8 Å². The summed E-state index contributed by atoms with van der Waals surface area (Å²) in [4.78, 5) is 2.38. The second kappa shape index (κ2) is 7.26. The van der Waals surface area contributed by atoms with Crippen LogP contribution in [-0.2, 0) is 4.74 Å². The standard InChI is InChI=1S/C15H23N3O2/c1-12-10-18(11-13(2)20-12)7-8-19-15-5-3-14(4-6-15)9-17-16/h3-6,9,12-13H,7-8,10-11,16H2,1-2H3. The number of ether oxygens (including phenoxy) is 2. The van der Waals surface area contributed by atoms with Gasteiger partial charge in [-0.25, -0.2) is 0 Å². The van der Waals surface area contributed by atoms with E-state index in [-0.39, 0.29) is 0 Å². The van der Waals surface area contributed by atoms with Gasteiger partial charge >= 0.3 is 0 Å². The Labute approximate surface area is 120 Å². The normalized spacial score (nSPS) is 24.1. The van der Waals surface area contributed by atoms with Crippen LogP contribution in [0.5, 0.6) is 5.75 Å². The molecule has 0 radical (unpaired) electrons. The molecule has 2 rings (SSSR count). The van der Waals surface area contributed by atoms with Crippen molar-refractivity contribution in [3.63, 3.8) is 0 Å². The summed E-state index contributed by atoms with van der Waals surface area (Å²) in [5.74, 6) is 5.98. The summed E-state index contributed by atoms with van der Waals surface area (Å²) in [7, 11) is 0. The molecule has 1 aliphatic rings. The summed E-state index contributed by atoms with van der Waals surface area (Å²) in [6.07, 6.45) is 2.21. The Morgan fingerprint density at radius 3 is 2.55 bits per heavy atom. The van der Waals surface area contributed by atoms with E-state index in [2.05, 4.69) is 23.8 Å². The van der Waals surface area contributed by atoms with Crippen LogP contribution in [0.1, 0.15) is 19.4 Å². The fraction of sp³-hybridized carbons (Fsp3) is 0.533. The highest BCUT2D eigenvalue weighted by molar-refractivity contribution is 5.79. The van der Waals surface area contributed by atoms with Crippen LogP contribution in [0, 0.1) is 0 Å². The fourth-order valence-electron chi connectivity index (χ4n) is 2.50. The van der Waals surface area contributed by atoms with Crippen molar-refractivity contribution < 1.29 is 9.47 Å². The summed E-state index contributed by atoms with van der Waals surface area (Å²) in [5.41, 5.74) is 0.968. The van der Waals surface area contributed by atoms with Crippen molar-refractivity contribution in [1.29, 1.82) is 0 Å². The summed E-state index contributed by atoms with van der Waals surface area (Å²) in [6.45, 7) is 7.77. The maximum Gasteiger partial charge on any atom is 0.119 e. The highest BCUT2D eigenvalue weighted by Gasteiger charge is 2.21. The molecule has 110 valence electrons. The van der Waals surface area contributed by atoms with E-state index in [0.717, 1.165) is 30.9 Å². The van der Waals surface area contributed by atoms with Gasteiger partial charge in [-0.1, -0.05) is 0 Å². The Morgan fingerprint density at radius 2 is 1.95 bits per heavy atom. The van der Waals surface area contributed by atoms with Gasteiger partial charge in [0.1, 0.15) is 12.4 Å². The molecule has 5 nitrogen and oxygen atoms in total. The highest BCUT2D eigenvalue weighted by atomic mass is 16.5. The Balaban J connectivity index is 1.75. The number of benzene rings is 1. The van der Waals surface area contributed by atoms with Crippen LogP contribution >= 0.6 is 0 Å². The first kappa shape index (κ1) is 14.8. The molecule has 1 aliphatic heterocycles. The van der Waals surface area contributed by atoms with Gasteiger partial charge < -0.3 is 15.3 Å². The molecule has 0 amide bonds. The lowest BCUT2D eigenvalue weighted by molar-refractivity contribution is -0.0699. The fourth-order valence-corrected chi connectivity index (χ4v) is 2.50. The Bertz CT molecular complexity index is 423. The minimum absolute atomic E-state index is 0.300. The van der Waals surface area contributed by atoms with Crippen LogP contribution in [0.2, 0.25) is 0 Å². The van der Waals surface area contributed by atoms with Crippen molar-refractivity contribution >= 4 is 6.21 Å². The van der Waals surface area contributed by atoms with Gasteiger partial charge in [-0.3, -0.25) is 4.90 Å². The SMILES string of the molecule is CC1CN(CCOc2ccc(C=NN)cc2)CC(C)O1. The lowest BCUT2D eigenvalue weighted by Crippen LogP contribution is -2.46. The van der Waals surface area contributed by atoms with Crippen molar-refractivity contribution in [2.24, 2.45) is 10.9 Å². The Morgan fingerprint density at radius 1 is 1.30 bits per heavy atom. The van der Waals surface area contributed by atoms with Crippen LogP contribution in [-0.4, -0.2) is 49.6 Å². The third kappa shape index (κ3) is 4.51. The molecule has 0 bridgehead atoms. The molecular weight excluding hydrogens is 254 g/mol. The predicted octanol–water partition coefficient (Wildman–Crippen LogP) is 1.47. The summed E-state index contributed by atoms with van der Waals surface area (Å²) in [6, 6.07) is 7.73. The molecular formula is C15H23N3O2. The van der Waals surface area contributed by atoms with Crippen molar-refractivity contribution in [2.45, 2.75) is 26.1 Å². The second-order valence-electron chi connectivity index (χ2n) is 5.21. The van der Waals surface area contributed by atoms with Crippen molar-refractivity contribution in [2.75, 3.05) is 26.2 Å². The molecule has 0 aliphatic carbocycles. The van der Waals surface area contributed by atoms with E-state index < -0.39 is 0 Å². The third-order valence-electron chi connectivity index (χ3n) is 3.28. The molecule has 1 saturated heterocycles. The van der Waals surface area contributed by atoms with E-state index in [9.17, 15) is 0 Å². The first-order valence-electron chi connectivity index (χ1n) is 7.01. The number of rotatable bonds is 5. The third-order valence-corrected chi connectivity index (χ3v) is 3.28. The average molecular weight is 277 g/mol. The van der Waals surface area contributed by atoms with Crippen LogP contribution in [0.4, 0.5) is 0 Å². The quantitative estimate of drug-likeness (QED) is 0.503. The zero-order valence-electron chi connectivity index (χ0n) is 12.2. The molecule has 2 N–H and O–H groups in total. The van der Waals surface area contributed by atoms with Crippen LogP contribution < -0.4 is 10.6 Å². The molecule has 2 unspecified atom stereocenters. The first-order chi connectivity index (χ1) is 9.67. The number of hydrogen-bond acceptors (Lipinski definition) is 5. The Kier molecular flexibility index (Phi) is 5.38. The number of hydrogen-bond donors (Lipinski definition) is 1. The highest BCUT2D eigenvalue weighted by Crippen LogP contribution is 2.13. The molecule has 1 aromatic rings. The molecule has 0 saturated carbocycles. The number of nitrogens with zero attached hydrogens (tertiary/aromatic N) is 2. The molecule has 1 aromatic carbocycles. The van der Waals surface area contributed by atoms with Crippen molar-refractivity contribution in [3.8, 4) is 5.75 Å². The lowest BCUT2D eigenvalue weighted by atomic mass is 10.2. The van der Waals surface area contributed by atoms with Gasteiger partial charge in [0.25, 0.3) is 0 Å². The van der Waals surface area contributed by atoms with E-state index in [1.54, 1.807) is 6.21 Å². The lowest BCUT2D eigenvalue weighted by Gasteiger charge is -2.35. The minimum atomic E-state index is 0.300. The molecule has 5 heteroatoms. The van der Waals surface area contributed by atoms with Gasteiger partial charge in [-0.2, -0.15) is 5.10 Å². The summed E-state index contributed by atoms with van der Waals surface area (Å²) < 4.78 is 11.5. The van der Waals surface area contributed by atoms with Gasteiger partial charge in [0.05, 0.1) is 18.4 Å². The Hall–Kier alpha value is -1.59. The van der Waals surface area contributed by atoms with Crippen LogP contribution in [0.3, 0.4) is 0 Å². The number of morpholine rings is 1. The molecule has 2 atom stereocenters. The molecule has 0 spiro atoms. The number of hydrazone groups is 1. The monoisotopic (exact) mass is 277 g/mol. The molecule has 1 heterocycles. The maximum atomic E-state index is 5.75. The van der Waals surface area contributed by atoms with Crippen LogP contribution in [0.25, 0.3) is 0 Å². The maximum absolute atomic E-state index is 5.75. The van der Waals surface area contributed by atoms with Gasteiger partial charge in [0.15, 0.2) is 0 Å². The molecule has 20 heavy (non-hydrogen) atoms. The second-order valence-corrected chi connectivity index (χ2v) is 5.21. The predicted molar refractivity (Wildman–Crippen MR) is 80.2 cm³/mol. The van der Waals surface area contributed by atoms with Gasteiger partial charge in [-0.15, -0.1) is 0 Å². The van der Waals surface area contributed by atoms with Crippen LogP contribution in [0.15, 0.2) is 29.4 Å². The smallest absolute Gasteiger partial charge is 0.119 e. The summed E-state index contributed by atoms with van der Waals surface area (Å²) in [5, 5.41) is 3.49. The molecule has 0 aromatic heterocycles.